The van der Waals surface area contributed by atoms with E-state index in [4.69, 9.17) is 0 Å². The van der Waals surface area contributed by atoms with Crippen LogP contribution in [0, 0.1) is 5.92 Å². The average molecular weight is 277 g/mol. The monoisotopic (exact) mass is 277 g/mol. The number of hydrogen-bond donors (Lipinski definition) is 0. The quantitative estimate of drug-likeness (QED) is 0.394. The van der Waals surface area contributed by atoms with Crippen molar-refractivity contribution < 1.29 is 0 Å². The molecule has 0 aromatic carbocycles. The third kappa shape index (κ3) is 19.2. The van der Waals surface area contributed by atoms with Crippen molar-refractivity contribution in [3.05, 3.63) is 36.0 Å². The molecule has 0 N–H and O–H groups in total. The lowest BCUT2D eigenvalue weighted by molar-refractivity contribution is 0.983. The lowest BCUT2D eigenvalue weighted by Gasteiger charge is -1.95. The number of allylic oxidation sites excluding steroid dienone is 4. The molecule has 1 heteroatoms. The summed E-state index contributed by atoms with van der Waals surface area (Å²) in [5.74, 6) is 1.08. The molecule has 0 atom stereocenters. The highest BCUT2D eigenvalue weighted by Gasteiger charge is 2.12. The molecule has 1 fully saturated rings. The summed E-state index contributed by atoms with van der Waals surface area (Å²) < 4.78 is 0. The smallest absolute Gasteiger partial charge is 0.0636 e. The van der Waals surface area contributed by atoms with E-state index in [1.54, 1.807) is 0 Å². The first-order valence-corrected chi connectivity index (χ1v) is 8.21. The molecule has 0 spiro atoms. The Morgan fingerprint density at radius 2 is 1.75 bits per heavy atom. The second-order valence-electron chi connectivity index (χ2n) is 4.70. The van der Waals surface area contributed by atoms with E-state index in [1.165, 1.54) is 18.4 Å². The second-order valence-corrected chi connectivity index (χ2v) is 4.70. The Morgan fingerprint density at radius 1 is 1.15 bits per heavy atom. The summed E-state index contributed by atoms with van der Waals surface area (Å²) in [7, 11) is 0. The van der Waals surface area contributed by atoms with Gasteiger partial charge in [-0.1, -0.05) is 71.8 Å². The summed E-state index contributed by atoms with van der Waals surface area (Å²) in [6.07, 6.45) is 17.5. The summed E-state index contributed by atoms with van der Waals surface area (Å²) in [6.45, 7) is 13.3. The van der Waals surface area contributed by atoms with Gasteiger partial charge in [-0.05, 0) is 37.3 Å². The maximum atomic E-state index is 4.30. The van der Waals surface area contributed by atoms with Gasteiger partial charge in [0, 0.05) is 6.21 Å². The number of nitrogens with zero attached hydrogens (tertiary/aromatic N) is 1. The molecule has 0 amide bonds. The lowest BCUT2D eigenvalue weighted by Crippen LogP contribution is -1.85. The van der Waals surface area contributed by atoms with Crippen LogP contribution in [0.5, 0.6) is 0 Å². The molecule has 1 aliphatic rings. The minimum Gasteiger partial charge on any atom is -0.288 e. The highest BCUT2D eigenvalue weighted by molar-refractivity contribution is 5.71. The van der Waals surface area contributed by atoms with Gasteiger partial charge in [0.05, 0.1) is 6.54 Å². The summed E-state index contributed by atoms with van der Waals surface area (Å²) in [4.78, 5) is 4.30. The zero-order valence-corrected chi connectivity index (χ0v) is 14.5. The largest absolute Gasteiger partial charge is 0.288 e. The van der Waals surface area contributed by atoms with Crippen molar-refractivity contribution in [2.45, 2.75) is 67.2 Å². The van der Waals surface area contributed by atoms with Gasteiger partial charge in [-0.2, -0.15) is 0 Å². The van der Waals surface area contributed by atoms with Gasteiger partial charge in [0.25, 0.3) is 0 Å². The Morgan fingerprint density at radius 3 is 2.15 bits per heavy atom. The minimum absolute atomic E-state index is 0.786. The van der Waals surface area contributed by atoms with Crippen molar-refractivity contribution in [2.75, 3.05) is 6.54 Å². The molecule has 1 nitrogen and oxygen atoms in total. The molecular formula is C19H35N. The van der Waals surface area contributed by atoms with Crippen molar-refractivity contribution in [2.24, 2.45) is 10.9 Å². The van der Waals surface area contributed by atoms with E-state index < -0.39 is 0 Å². The van der Waals surface area contributed by atoms with E-state index in [-0.39, 0.29) is 0 Å². The van der Waals surface area contributed by atoms with Crippen molar-refractivity contribution in [1.29, 1.82) is 0 Å². The molecular weight excluding hydrogens is 242 g/mol. The highest BCUT2D eigenvalue weighted by atomic mass is 14.7. The van der Waals surface area contributed by atoms with Crippen LogP contribution in [0.25, 0.3) is 0 Å². The third-order valence-electron chi connectivity index (χ3n) is 2.56. The van der Waals surface area contributed by atoms with E-state index in [0.717, 1.165) is 25.3 Å². The van der Waals surface area contributed by atoms with E-state index >= 15 is 0 Å². The summed E-state index contributed by atoms with van der Waals surface area (Å²) in [5, 5.41) is 0. The van der Waals surface area contributed by atoms with Crippen molar-refractivity contribution in [3.63, 3.8) is 0 Å². The van der Waals surface area contributed by atoms with Crippen LogP contribution in [0.3, 0.4) is 0 Å². The zero-order valence-electron chi connectivity index (χ0n) is 14.5. The van der Waals surface area contributed by atoms with Crippen LogP contribution in [0.2, 0.25) is 0 Å². The molecule has 116 valence electrons. The Bertz CT molecular complexity index is 291. The minimum atomic E-state index is 0.786. The Labute approximate surface area is 127 Å². The van der Waals surface area contributed by atoms with Gasteiger partial charge in [-0.15, -0.1) is 0 Å². The molecule has 1 aliphatic carbocycles. The van der Waals surface area contributed by atoms with E-state index in [9.17, 15) is 0 Å². The predicted octanol–water partition coefficient (Wildman–Crippen LogP) is 6.38. The number of rotatable bonds is 6. The topological polar surface area (TPSA) is 12.4 Å². The van der Waals surface area contributed by atoms with E-state index in [1.807, 2.05) is 39.1 Å². The Kier molecular flexibility index (Phi) is 19.0. The van der Waals surface area contributed by atoms with Crippen LogP contribution in [-0.4, -0.2) is 12.8 Å². The summed E-state index contributed by atoms with van der Waals surface area (Å²) >= 11 is 0. The van der Waals surface area contributed by atoms with Crippen molar-refractivity contribution >= 4 is 6.21 Å². The van der Waals surface area contributed by atoms with Crippen LogP contribution in [0.4, 0.5) is 0 Å². The van der Waals surface area contributed by atoms with Gasteiger partial charge in [0.15, 0.2) is 0 Å². The Hall–Kier alpha value is -1.11. The number of aliphatic imine (C=N–C) groups is 1. The van der Waals surface area contributed by atoms with Crippen LogP contribution >= 0.6 is 0 Å². The predicted molar refractivity (Wildman–Crippen MR) is 95.7 cm³/mol. The maximum absolute atomic E-state index is 4.30. The molecule has 0 aromatic rings. The fourth-order valence-corrected chi connectivity index (χ4v) is 1.19. The SMILES string of the molecule is C/C=C\C=NCC(/C=C\CC)=C/CC.CC.CC1CC1. The summed E-state index contributed by atoms with van der Waals surface area (Å²) in [5.41, 5.74) is 1.30. The van der Waals surface area contributed by atoms with Crippen LogP contribution in [0.15, 0.2) is 40.9 Å². The molecule has 0 saturated heterocycles. The van der Waals surface area contributed by atoms with Gasteiger partial charge < -0.3 is 0 Å². The average Bonchev–Trinajstić information content (AvgIpc) is 3.26. The lowest BCUT2D eigenvalue weighted by atomic mass is 10.2. The first-order valence-electron chi connectivity index (χ1n) is 8.21. The van der Waals surface area contributed by atoms with Crippen molar-refractivity contribution in [3.8, 4) is 0 Å². The molecule has 1 rings (SSSR count). The highest BCUT2D eigenvalue weighted by Crippen LogP contribution is 2.26. The van der Waals surface area contributed by atoms with Gasteiger partial charge >= 0.3 is 0 Å². The van der Waals surface area contributed by atoms with Crippen LogP contribution in [-0.2, 0) is 0 Å². The standard InChI is InChI=1S/C13H21N.C4H8.C2H6/c1-4-7-10-13(9-6-3)12-14-11-8-5-2;1-4-2-3-4;1-2/h5,7-11H,4,6,12H2,1-3H3;4H,2-3H2,1H3;1-2H3/b8-5-,10-7-,13-9+,14-11?;;. The molecule has 0 heterocycles. The first kappa shape index (κ1) is 21.2. The molecule has 0 unspecified atom stereocenters. The molecule has 0 aromatic heterocycles. The second kappa shape index (κ2) is 17.9. The normalized spacial score (nSPS) is 15.2. The molecule has 0 radical (unpaired) electrons. The van der Waals surface area contributed by atoms with Gasteiger partial charge in [0.2, 0.25) is 0 Å². The number of hydrogen-bond acceptors (Lipinski definition) is 1. The Balaban J connectivity index is 0. The molecule has 1 saturated carbocycles. The van der Waals surface area contributed by atoms with Crippen LogP contribution in [0.1, 0.15) is 67.2 Å². The van der Waals surface area contributed by atoms with Crippen LogP contribution < -0.4 is 0 Å². The van der Waals surface area contributed by atoms with Crippen molar-refractivity contribution in [1.82, 2.24) is 0 Å². The van der Waals surface area contributed by atoms with Gasteiger partial charge in [-0.25, -0.2) is 0 Å². The van der Waals surface area contributed by atoms with E-state index in [2.05, 4.69) is 44.0 Å². The van der Waals surface area contributed by atoms with Gasteiger partial charge in [0.1, 0.15) is 0 Å². The maximum Gasteiger partial charge on any atom is 0.0636 e. The zero-order chi connectivity index (χ0) is 15.6. The molecule has 20 heavy (non-hydrogen) atoms. The summed E-state index contributed by atoms with van der Waals surface area (Å²) in [6, 6.07) is 0. The molecule has 0 bridgehead atoms. The first-order chi connectivity index (χ1) is 9.74. The van der Waals surface area contributed by atoms with E-state index in [0.29, 0.717) is 0 Å². The fraction of sp³-hybridized carbons (Fsp3) is 0.632. The molecule has 0 aliphatic heterocycles. The van der Waals surface area contributed by atoms with Gasteiger partial charge in [-0.3, -0.25) is 4.99 Å². The third-order valence-corrected chi connectivity index (χ3v) is 2.56. The fourth-order valence-electron chi connectivity index (χ4n) is 1.19.